The molecule has 1 aromatic carbocycles. The molecule has 33 heavy (non-hydrogen) atoms. The van der Waals surface area contributed by atoms with Crippen molar-refractivity contribution in [1.29, 1.82) is 0 Å². The van der Waals surface area contributed by atoms with Crippen molar-refractivity contribution in [2.75, 3.05) is 14.1 Å². The number of nitrogens with zero attached hydrogens (tertiary/aromatic N) is 1. The van der Waals surface area contributed by atoms with Crippen LogP contribution in [0.2, 0.25) is 0 Å². The van der Waals surface area contributed by atoms with Crippen LogP contribution in [-0.2, 0) is 17.9 Å². The van der Waals surface area contributed by atoms with Crippen LogP contribution in [-0.4, -0.2) is 47.1 Å². The Morgan fingerprint density at radius 2 is 1.76 bits per heavy atom. The second kappa shape index (κ2) is 10.5. The molecule has 0 spiro atoms. The fraction of sp³-hybridized carbons (Fsp3) is 0.250. The molecule has 0 bridgehead atoms. The Balaban J connectivity index is 0.000000479. The minimum absolute atomic E-state index is 0.00985. The minimum Gasteiger partial charge on any atom is -0.475 e. The Bertz CT molecular complexity index is 1220. The topological polar surface area (TPSA) is 103 Å². The predicted molar refractivity (Wildman–Crippen MR) is 111 cm³/mol. The van der Waals surface area contributed by atoms with Crippen LogP contribution >= 0.6 is 11.3 Å². The van der Waals surface area contributed by atoms with E-state index >= 15 is 0 Å². The number of amides is 1. The summed E-state index contributed by atoms with van der Waals surface area (Å²) in [6.45, 7) is 1.07. The largest absolute Gasteiger partial charge is 0.490 e. The third-order valence-corrected chi connectivity index (χ3v) is 5.07. The van der Waals surface area contributed by atoms with Gasteiger partial charge in [-0.25, -0.2) is 13.6 Å². The van der Waals surface area contributed by atoms with Gasteiger partial charge in [-0.3, -0.25) is 9.59 Å². The van der Waals surface area contributed by atoms with Crippen molar-refractivity contribution in [3.63, 3.8) is 0 Å². The first-order valence-electron chi connectivity index (χ1n) is 9.10. The summed E-state index contributed by atoms with van der Waals surface area (Å²) in [6.07, 6.45) is -3.91. The lowest BCUT2D eigenvalue weighted by Crippen LogP contribution is -2.28. The number of carboxylic acids is 1. The molecule has 2 heterocycles. The van der Waals surface area contributed by atoms with Crippen LogP contribution in [0.15, 0.2) is 35.3 Å². The van der Waals surface area contributed by atoms with Crippen LogP contribution in [0, 0.1) is 11.6 Å². The summed E-state index contributed by atoms with van der Waals surface area (Å²) in [5.74, 6) is -5.16. The molecule has 3 N–H and O–H groups in total. The van der Waals surface area contributed by atoms with E-state index in [1.807, 2.05) is 31.1 Å². The van der Waals surface area contributed by atoms with Gasteiger partial charge in [-0.05, 0) is 32.3 Å². The standard InChI is InChI=1S/C18H17F2N3O2S.C2HF3O2/c1-23(2)9-12-4-3-11(26-12)7-22-18(25)13-8-21-15-6-10(19)5-14(20)16(15)17(13)24;3-2(4,5)1(6)7/h3-6,8H,7,9H2,1-2H3,(H,21,24)(H,22,25);(H,6,7). The monoisotopic (exact) mass is 491 g/mol. The molecule has 0 aliphatic heterocycles. The van der Waals surface area contributed by atoms with Crippen molar-refractivity contribution in [3.8, 4) is 0 Å². The highest BCUT2D eigenvalue weighted by Gasteiger charge is 2.38. The van der Waals surface area contributed by atoms with Gasteiger partial charge in [-0.2, -0.15) is 13.2 Å². The molecule has 3 aromatic rings. The number of alkyl halides is 3. The quantitative estimate of drug-likeness (QED) is 0.475. The molecule has 3 rings (SSSR count). The molecule has 0 radical (unpaired) electrons. The van der Waals surface area contributed by atoms with Gasteiger partial charge in [0.1, 0.15) is 17.2 Å². The Hall–Kier alpha value is -3.32. The van der Waals surface area contributed by atoms with Crippen LogP contribution < -0.4 is 10.7 Å². The fourth-order valence-electron chi connectivity index (χ4n) is 2.61. The molecular weight excluding hydrogens is 473 g/mol. The number of hydrogen-bond acceptors (Lipinski definition) is 5. The molecule has 0 aliphatic rings. The average molecular weight is 491 g/mol. The van der Waals surface area contributed by atoms with E-state index in [0.29, 0.717) is 6.07 Å². The number of pyridine rings is 1. The van der Waals surface area contributed by atoms with Crippen LogP contribution in [0.3, 0.4) is 0 Å². The number of thiophene rings is 1. The van der Waals surface area contributed by atoms with E-state index in [4.69, 9.17) is 9.90 Å². The van der Waals surface area contributed by atoms with Crippen molar-refractivity contribution >= 4 is 34.1 Å². The zero-order valence-corrected chi connectivity index (χ0v) is 18.0. The van der Waals surface area contributed by atoms with E-state index in [9.17, 15) is 31.5 Å². The van der Waals surface area contributed by atoms with Gasteiger partial charge < -0.3 is 20.3 Å². The smallest absolute Gasteiger partial charge is 0.475 e. The molecule has 0 saturated heterocycles. The molecular formula is C20H18F5N3O4S. The van der Waals surface area contributed by atoms with Crippen molar-refractivity contribution in [1.82, 2.24) is 15.2 Å². The highest BCUT2D eigenvalue weighted by Crippen LogP contribution is 2.18. The van der Waals surface area contributed by atoms with Crippen LogP contribution in [0.4, 0.5) is 22.0 Å². The lowest BCUT2D eigenvalue weighted by Gasteiger charge is -2.07. The van der Waals surface area contributed by atoms with Crippen molar-refractivity contribution in [2.24, 2.45) is 0 Å². The van der Waals surface area contributed by atoms with E-state index in [-0.39, 0.29) is 23.0 Å². The van der Waals surface area contributed by atoms with Crippen molar-refractivity contribution < 1.29 is 36.6 Å². The molecule has 0 saturated carbocycles. The summed E-state index contributed by atoms with van der Waals surface area (Å²) in [5, 5.41) is 9.45. The summed E-state index contributed by atoms with van der Waals surface area (Å²) in [4.78, 5) is 40.4. The Morgan fingerprint density at radius 1 is 1.15 bits per heavy atom. The molecule has 0 unspecified atom stereocenters. The molecule has 0 atom stereocenters. The number of hydrogen-bond donors (Lipinski definition) is 3. The lowest BCUT2D eigenvalue weighted by atomic mass is 10.1. The molecule has 2 aromatic heterocycles. The SMILES string of the molecule is CN(C)Cc1ccc(CNC(=O)c2c[nH]c3cc(F)cc(F)c3c2=O)s1.O=C(O)C(F)(F)F. The number of rotatable bonds is 5. The Morgan fingerprint density at radius 3 is 2.33 bits per heavy atom. The van der Waals surface area contributed by atoms with E-state index in [2.05, 4.69) is 10.3 Å². The lowest BCUT2D eigenvalue weighted by molar-refractivity contribution is -0.192. The summed E-state index contributed by atoms with van der Waals surface area (Å²) >= 11 is 1.57. The molecule has 7 nitrogen and oxygen atoms in total. The predicted octanol–water partition coefficient (Wildman–Crippen LogP) is 3.49. The number of halogens is 5. The third kappa shape index (κ3) is 7.08. The highest BCUT2D eigenvalue weighted by molar-refractivity contribution is 7.11. The summed E-state index contributed by atoms with van der Waals surface area (Å²) in [7, 11) is 3.94. The molecule has 1 amide bonds. The van der Waals surface area contributed by atoms with E-state index in [0.717, 1.165) is 22.4 Å². The number of aliphatic carboxylic acids is 1. The van der Waals surface area contributed by atoms with Crippen LogP contribution in [0.1, 0.15) is 20.1 Å². The van der Waals surface area contributed by atoms with Gasteiger partial charge in [-0.15, -0.1) is 11.3 Å². The normalized spacial score (nSPS) is 11.3. The van der Waals surface area contributed by atoms with Gasteiger partial charge in [0, 0.05) is 28.6 Å². The number of H-pyrrole nitrogens is 1. The van der Waals surface area contributed by atoms with E-state index in [1.54, 1.807) is 11.3 Å². The first-order valence-corrected chi connectivity index (χ1v) is 9.92. The van der Waals surface area contributed by atoms with Crippen LogP contribution in [0.25, 0.3) is 10.9 Å². The van der Waals surface area contributed by atoms with Crippen molar-refractivity contribution in [3.05, 3.63) is 67.6 Å². The number of aromatic amines is 1. The number of aromatic nitrogens is 1. The van der Waals surface area contributed by atoms with Crippen LogP contribution in [0.5, 0.6) is 0 Å². The summed E-state index contributed by atoms with van der Waals surface area (Å²) < 4.78 is 58.9. The van der Waals surface area contributed by atoms with Crippen molar-refractivity contribution in [2.45, 2.75) is 19.3 Å². The number of nitrogens with one attached hydrogen (secondary N) is 2. The minimum atomic E-state index is -5.08. The zero-order valence-electron chi connectivity index (χ0n) is 17.2. The fourth-order valence-corrected chi connectivity index (χ4v) is 3.69. The number of benzene rings is 1. The van der Waals surface area contributed by atoms with Gasteiger partial charge in [0.2, 0.25) is 5.43 Å². The van der Waals surface area contributed by atoms with Gasteiger partial charge >= 0.3 is 12.1 Å². The van der Waals surface area contributed by atoms with Gasteiger partial charge in [0.05, 0.1) is 17.4 Å². The first kappa shape index (κ1) is 25.9. The maximum atomic E-state index is 13.9. The maximum absolute atomic E-state index is 13.9. The Kier molecular flexibility index (Phi) is 8.28. The number of carbonyl (C=O) groups excluding carboxylic acids is 1. The number of fused-ring (bicyclic) bond motifs is 1. The third-order valence-electron chi connectivity index (χ3n) is 4.00. The highest BCUT2D eigenvalue weighted by atomic mass is 32.1. The Labute approximate surface area is 187 Å². The number of carbonyl (C=O) groups is 2. The second-order valence-corrected chi connectivity index (χ2v) is 8.19. The molecule has 0 aliphatic carbocycles. The maximum Gasteiger partial charge on any atom is 0.490 e. The first-order chi connectivity index (χ1) is 15.3. The second-order valence-electron chi connectivity index (χ2n) is 6.93. The summed E-state index contributed by atoms with van der Waals surface area (Å²) in [6, 6.07) is 5.53. The average Bonchev–Trinajstić information content (AvgIpc) is 3.12. The van der Waals surface area contributed by atoms with E-state index < -0.39 is 35.1 Å². The number of carboxylic acid groups (broad SMARTS) is 1. The molecule has 13 heteroatoms. The van der Waals surface area contributed by atoms with Gasteiger partial charge in [0.25, 0.3) is 5.91 Å². The van der Waals surface area contributed by atoms with Gasteiger partial charge in [-0.1, -0.05) is 0 Å². The molecule has 178 valence electrons. The van der Waals surface area contributed by atoms with Gasteiger partial charge in [0.15, 0.2) is 0 Å². The molecule has 0 fully saturated rings. The zero-order chi connectivity index (χ0) is 24.9. The summed E-state index contributed by atoms with van der Waals surface area (Å²) in [5.41, 5.74) is -0.975. The van der Waals surface area contributed by atoms with E-state index in [1.165, 1.54) is 6.20 Å².